The van der Waals surface area contributed by atoms with Crippen LogP contribution in [0.15, 0.2) is 35.5 Å². The van der Waals surface area contributed by atoms with Crippen LogP contribution >= 0.6 is 11.3 Å². The molecule has 1 fully saturated rings. The molecule has 0 radical (unpaired) electrons. The molecule has 25 heavy (non-hydrogen) atoms. The van der Waals surface area contributed by atoms with Crippen molar-refractivity contribution in [2.75, 3.05) is 26.7 Å². The van der Waals surface area contributed by atoms with Gasteiger partial charge in [0.15, 0.2) is 5.96 Å². The maximum absolute atomic E-state index is 6.02. The molecule has 0 amide bonds. The largest absolute Gasteiger partial charge is 0.370 e. The molecule has 6 heteroatoms. The first-order valence-electron chi connectivity index (χ1n) is 8.77. The second-order valence-electron chi connectivity index (χ2n) is 6.14. The molecule has 0 spiro atoms. The second-order valence-corrected chi connectivity index (χ2v) is 7.34. The molecule has 0 aliphatic carbocycles. The van der Waals surface area contributed by atoms with Crippen LogP contribution in [-0.4, -0.2) is 42.6 Å². The third-order valence-electron chi connectivity index (χ3n) is 4.46. The average molecular weight is 359 g/mol. The first-order chi connectivity index (χ1) is 12.2. The van der Waals surface area contributed by atoms with E-state index < -0.39 is 0 Å². The van der Waals surface area contributed by atoms with Crippen LogP contribution in [0.5, 0.6) is 0 Å². The van der Waals surface area contributed by atoms with E-state index in [-0.39, 0.29) is 6.10 Å². The Kier molecular flexibility index (Phi) is 6.04. The van der Waals surface area contributed by atoms with Crippen LogP contribution in [-0.2, 0) is 17.7 Å². The zero-order valence-corrected chi connectivity index (χ0v) is 16.0. The van der Waals surface area contributed by atoms with E-state index >= 15 is 0 Å². The third kappa shape index (κ3) is 4.38. The standard InChI is InChI=1S/C19H26N4OS/c1-4-15-11-21-18(25-15)12-22-19(20-3)23-9-10-24-17(13-23)16-8-6-5-7-14(16)2/h5-8,11,17H,4,9-10,12-13H2,1-3H3,(H,20,22). The normalized spacial score (nSPS) is 18.4. The molecule has 1 unspecified atom stereocenters. The Bertz CT molecular complexity index is 728. The predicted octanol–water partition coefficient (Wildman–Crippen LogP) is 3.16. The van der Waals surface area contributed by atoms with Crippen molar-refractivity contribution in [1.82, 2.24) is 15.2 Å². The molecule has 1 aliphatic rings. The summed E-state index contributed by atoms with van der Waals surface area (Å²) in [5.74, 6) is 0.912. The number of thiazole rings is 1. The molecule has 5 nitrogen and oxygen atoms in total. The van der Waals surface area contributed by atoms with E-state index in [1.165, 1.54) is 16.0 Å². The lowest BCUT2D eigenvalue weighted by Crippen LogP contribution is -2.48. The number of hydrogen-bond donors (Lipinski definition) is 1. The molecule has 2 aromatic rings. The molecule has 3 rings (SSSR count). The monoisotopic (exact) mass is 358 g/mol. The fourth-order valence-electron chi connectivity index (χ4n) is 3.06. The number of benzene rings is 1. The Labute approximate surface area is 153 Å². The van der Waals surface area contributed by atoms with Gasteiger partial charge in [0.2, 0.25) is 0 Å². The number of aromatic nitrogens is 1. The molecule has 0 saturated carbocycles. The van der Waals surface area contributed by atoms with Crippen molar-refractivity contribution in [2.45, 2.75) is 32.9 Å². The van der Waals surface area contributed by atoms with Crippen molar-refractivity contribution in [3.8, 4) is 0 Å². The maximum atomic E-state index is 6.02. The van der Waals surface area contributed by atoms with Gasteiger partial charge < -0.3 is 15.0 Å². The number of aryl methyl sites for hydroxylation is 2. The number of nitrogens with zero attached hydrogens (tertiary/aromatic N) is 3. The fraction of sp³-hybridized carbons (Fsp3) is 0.474. The molecule has 134 valence electrons. The number of aliphatic imine (C=N–C) groups is 1. The Morgan fingerprint density at radius 2 is 2.28 bits per heavy atom. The van der Waals surface area contributed by atoms with Crippen molar-refractivity contribution in [3.63, 3.8) is 0 Å². The van der Waals surface area contributed by atoms with Gasteiger partial charge in [0.1, 0.15) is 11.1 Å². The highest BCUT2D eigenvalue weighted by atomic mass is 32.1. The number of guanidine groups is 1. The van der Waals surface area contributed by atoms with Gasteiger partial charge in [0.05, 0.1) is 19.7 Å². The summed E-state index contributed by atoms with van der Waals surface area (Å²) in [5, 5.41) is 4.55. The maximum Gasteiger partial charge on any atom is 0.194 e. The van der Waals surface area contributed by atoms with Crippen LogP contribution in [0.4, 0.5) is 0 Å². The van der Waals surface area contributed by atoms with Crippen LogP contribution in [0.1, 0.15) is 34.0 Å². The second kappa shape index (κ2) is 8.45. The predicted molar refractivity (Wildman–Crippen MR) is 103 cm³/mol. The highest BCUT2D eigenvalue weighted by Crippen LogP contribution is 2.25. The topological polar surface area (TPSA) is 49.8 Å². The molecule has 1 N–H and O–H groups in total. The molecule has 1 aliphatic heterocycles. The van der Waals surface area contributed by atoms with Gasteiger partial charge >= 0.3 is 0 Å². The van der Waals surface area contributed by atoms with E-state index in [1.54, 1.807) is 11.3 Å². The van der Waals surface area contributed by atoms with Gasteiger partial charge in [-0.2, -0.15) is 0 Å². The van der Waals surface area contributed by atoms with Crippen LogP contribution in [0, 0.1) is 6.92 Å². The molecule has 0 bridgehead atoms. The van der Waals surface area contributed by atoms with Gasteiger partial charge in [0.25, 0.3) is 0 Å². The molecule has 1 aromatic heterocycles. The smallest absolute Gasteiger partial charge is 0.194 e. The summed E-state index contributed by atoms with van der Waals surface area (Å²) in [4.78, 5) is 12.5. The van der Waals surface area contributed by atoms with Crippen LogP contribution in [0.3, 0.4) is 0 Å². The van der Waals surface area contributed by atoms with Crippen LogP contribution in [0.25, 0.3) is 0 Å². The van der Waals surface area contributed by atoms with Crippen molar-refractivity contribution in [3.05, 3.63) is 51.5 Å². The van der Waals surface area contributed by atoms with E-state index in [0.717, 1.165) is 30.5 Å². The first-order valence-corrected chi connectivity index (χ1v) is 9.59. The lowest BCUT2D eigenvalue weighted by Gasteiger charge is -2.35. The highest BCUT2D eigenvalue weighted by molar-refractivity contribution is 7.11. The number of rotatable bonds is 4. The van der Waals surface area contributed by atoms with Gasteiger partial charge in [-0.15, -0.1) is 11.3 Å². The quantitative estimate of drug-likeness (QED) is 0.674. The summed E-state index contributed by atoms with van der Waals surface area (Å²) in [6.45, 7) is 7.37. The SMILES string of the molecule is CCc1cnc(CNC(=NC)N2CCOC(c3ccccc3C)C2)s1. The molecular formula is C19H26N4OS. The summed E-state index contributed by atoms with van der Waals surface area (Å²) in [6, 6.07) is 8.43. The lowest BCUT2D eigenvalue weighted by molar-refractivity contribution is -0.00833. The van der Waals surface area contributed by atoms with Crippen LogP contribution < -0.4 is 5.32 Å². The number of nitrogens with one attached hydrogen (secondary N) is 1. The van der Waals surface area contributed by atoms with Crippen molar-refractivity contribution < 1.29 is 4.74 Å². The minimum Gasteiger partial charge on any atom is -0.370 e. The molecule has 1 atom stereocenters. The van der Waals surface area contributed by atoms with Gasteiger partial charge in [-0.25, -0.2) is 4.98 Å². The fourth-order valence-corrected chi connectivity index (χ4v) is 3.86. The zero-order chi connectivity index (χ0) is 17.6. The van der Waals surface area contributed by atoms with Gasteiger partial charge in [-0.05, 0) is 24.5 Å². The van der Waals surface area contributed by atoms with E-state index in [1.807, 2.05) is 13.2 Å². The van der Waals surface area contributed by atoms with E-state index in [4.69, 9.17) is 4.74 Å². The molecular weight excluding hydrogens is 332 g/mol. The Balaban J connectivity index is 1.63. The minimum atomic E-state index is 0.0834. The summed E-state index contributed by atoms with van der Waals surface area (Å²) >= 11 is 1.76. The Hall–Kier alpha value is -1.92. The number of ether oxygens (including phenoxy) is 1. The zero-order valence-electron chi connectivity index (χ0n) is 15.2. The van der Waals surface area contributed by atoms with Gasteiger partial charge in [0, 0.05) is 24.7 Å². The molecule has 1 aromatic carbocycles. The Morgan fingerprint density at radius 1 is 1.44 bits per heavy atom. The van der Waals surface area contributed by atoms with Crippen molar-refractivity contribution in [1.29, 1.82) is 0 Å². The van der Waals surface area contributed by atoms with Crippen LogP contribution in [0.2, 0.25) is 0 Å². The van der Waals surface area contributed by atoms with Gasteiger partial charge in [-0.1, -0.05) is 31.2 Å². The van der Waals surface area contributed by atoms with E-state index in [0.29, 0.717) is 13.2 Å². The summed E-state index contributed by atoms with van der Waals surface area (Å²) in [5.41, 5.74) is 2.53. The minimum absolute atomic E-state index is 0.0834. The van der Waals surface area contributed by atoms with E-state index in [9.17, 15) is 0 Å². The molecule has 2 heterocycles. The highest BCUT2D eigenvalue weighted by Gasteiger charge is 2.25. The third-order valence-corrected chi connectivity index (χ3v) is 5.60. The van der Waals surface area contributed by atoms with Crippen molar-refractivity contribution >= 4 is 17.3 Å². The Morgan fingerprint density at radius 3 is 3.00 bits per heavy atom. The van der Waals surface area contributed by atoms with Crippen molar-refractivity contribution in [2.24, 2.45) is 4.99 Å². The lowest BCUT2D eigenvalue weighted by atomic mass is 10.0. The molecule has 1 saturated heterocycles. The summed E-state index contributed by atoms with van der Waals surface area (Å²) in [6.07, 6.45) is 3.08. The number of morpholine rings is 1. The van der Waals surface area contributed by atoms with Gasteiger partial charge in [-0.3, -0.25) is 4.99 Å². The summed E-state index contributed by atoms with van der Waals surface area (Å²) in [7, 11) is 1.83. The van der Waals surface area contributed by atoms with E-state index in [2.05, 4.69) is 58.3 Å². The summed E-state index contributed by atoms with van der Waals surface area (Å²) < 4.78 is 6.02. The number of hydrogen-bond acceptors (Lipinski definition) is 4. The average Bonchev–Trinajstić information content (AvgIpc) is 3.11. The first kappa shape index (κ1) is 17.9.